The Morgan fingerprint density at radius 2 is 2.14 bits per heavy atom. The third kappa shape index (κ3) is 4.11. The minimum atomic E-state index is -0.180. The quantitative estimate of drug-likeness (QED) is 0.859. The van der Waals surface area contributed by atoms with Gasteiger partial charge in [-0.3, -0.25) is 4.79 Å². The van der Waals surface area contributed by atoms with Gasteiger partial charge in [-0.1, -0.05) is 19.9 Å². The molecular weight excluding hydrogens is 352 g/mol. The lowest BCUT2D eigenvalue weighted by molar-refractivity contribution is -0.120. The molecule has 1 saturated heterocycles. The van der Waals surface area contributed by atoms with Crippen LogP contribution in [0.4, 0.5) is 11.6 Å². The monoisotopic (exact) mass is 378 g/mol. The standard InChI is InChI=1S/C21H26N6O/c1-4-16-17(11-22)20(26-25-18(16)5-2)27-10-6-7-15(13-27)21(28)24-19-9-8-14(3)12-23-19/h8-9,12,15H,4-7,10,13H2,1-3H3,(H,23,24,28). The summed E-state index contributed by atoms with van der Waals surface area (Å²) in [6.45, 7) is 7.30. The maximum Gasteiger partial charge on any atom is 0.230 e. The molecule has 0 aliphatic carbocycles. The van der Waals surface area contributed by atoms with Crippen molar-refractivity contribution >= 4 is 17.5 Å². The number of pyridine rings is 1. The first-order valence-electron chi connectivity index (χ1n) is 9.84. The molecule has 1 atom stereocenters. The Bertz CT molecular complexity index is 887. The average Bonchev–Trinajstić information content (AvgIpc) is 2.74. The molecule has 0 spiro atoms. The van der Waals surface area contributed by atoms with Crippen molar-refractivity contribution in [1.29, 1.82) is 5.26 Å². The molecule has 1 fully saturated rings. The first-order chi connectivity index (χ1) is 13.6. The van der Waals surface area contributed by atoms with Crippen LogP contribution in [0.15, 0.2) is 18.3 Å². The smallest absolute Gasteiger partial charge is 0.230 e. The Balaban J connectivity index is 1.79. The van der Waals surface area contributed by atoms with E-state index in [0.29, 0.717) is 23.7 Å². The summed E-state index contributed by atoms with van der Waals surface area (Å²) in [7, 11) is 0. The molecule has 3 heterocycles. The van der Waals surface area contributed by atoms with Gasteiger partial charge in [0.05, 0.1) is 11.6 Å². The van der Waals surface area contributed by atoms with Crippen molar-refractivity contribution in [2.75, 3.05) is 23.3 Å². The van der Waals surface area contributed by atoms with Gasteiger partial charge in [0, 0.05) is 19.3 Å². The molecule has 7 heteroatoms. The molecule has 0 radical (unpaired) electrons. The van der Waals surface area contributed by atoms with E-state index < -0.39 is 0 Å². The van der Waals surface area contributed by atoms with E-state index in [-0.39, 0.29) is 11.8 Å². The highest BCUT2D eigenvalue weighted by Gasteiger charge is 2.29. The third-order valence-corrected chi connectivity index (χ3v) is 5.19. The summed E-state index contributed by atoms with van der Waals surface area (Å²) in [6.07, 6.45) is 4.89. The molecular formula is C21H26N6O. The van der Waals surface area contributed by atoms with E-state index >= 15 is 0 Å². The van der Waals surface area contributed by atoms with E-state index in [0.717, 1.165) is 49.0 Å². The van der Waals surface area contributed by atoms with E-state index in [2.05, 4.69) is 26.6 Å². The number of nitriles is 1. The molecule has 1 amide bonds. The predicted molar refractivity (Wildman–Crippen MR) is 108 cm³/mol. The number of carbonyl (C=O) groups excluding carboxylic acids is 1. The van der Waals surface area contributed by atoms with Crippen molar-refractivity contribution in [3.05, 3.63) is 40.7 Å². The lowest BCUT2D eigenvalue weighted by Crippen LogP contribution is -2.41. The zero-order chi connectivity index (χ0) is 20.1. The summed E-state index contributed by atoms with van der Waals surface area (Å²) in [5.74, 6) is 0.933. The van der Waals surface area contributed by atoms with Gasteiger partial charge in [0.2, 0.25) is 5.91 Å². The molecule has 1 aliphatic heterocycles. The fraction of sp³-hybridized carbons (Fsp3) is 0.476. The van der Waals surface area contributed by atoms with Gasteiger partial charge >= 0.3 is 0 Å². The predicted octanol–water partition coefficient (Wildman–Crippen LogP) is 3.03. The highest BCUT2D eigenvalue weighted by atomic mass is 16.2. The second-order valence-corrected chi connectivity index (χ2v) is 7.14. The lowest BCUT2D eigenvalue weighted by atomic mass is 9.96. The maximum absolute atomic E-state index is 12.7. The Kier molecular flexibility index (Phi) is 6.19. The Hall–Kier alpha value is -3.01. The minimum absolute atomic E-state index is 0.0478. The molecule has 2 aromatic heterocycles. The number of carbonyl (C=O) groups is 1. The topological polar surface area (TPSA) is 94.8 Å². The highest BCUT2D eigenvalue weighted by molar-refractivity contribution is 5.92. The zero-order valence-electron chi connectivity index (χ0n) is 16.7. The number of nitrogens with zero attached hydrogens (tertiary/aromatic N) is 5. The van der Waals surface area contributed by atoms with Gasteiger partial charge in [-0.25, -0.2) is 4.98 Å². The number of piperidine rings is 1. The fourth-order valence-electron chi connectivity index (χ4n) is 3.65. The summed E-state index contributed by atoms with van der Waals surface area (Å²) >= 11 is 0. The SMILES string of the molecule is CCc1nnc(N2CCCC(C(=O)Nc3ccc(C)cn3)C2)c(C#N)c1CC. The van der Waals surface area contributed by atoms with Crippen LogP contribution in [0.1, 0.15) is 49.1 Å². The van der Waals surface area contributed by atoms with Gasteiger partial charge in [0.15, 0.2) is 5.82 Å². The molecule has 28 heavy (non-hydrogen) atoms. The number of hydrogen-bond acceptors (Lipinski definition) is 6. The molecule has 2 aromatic rings. The molecule has 7 nitrogen and oxygen atoms in total. The van der Waals surface area contributed by atoms with Gasteiger partial charge in [-0.2, -0.15) is 10.4 Å². The van der Waals surface area contributed by atoms with Crippen molar-refractivity contribution in [1.82, 2.24) is 15.2 Å². The first kappa shape index (κ1) is 19.7. The summed E-state index contributed by atoms with van der Waals surface area (Å²) in [4.78, 5) is 19.0. The van der Waals surface area contributed by atoms with Crippen molar-refractivity contribution in [3.8, 4) is 6.07 Å². The molecule has 1 aliphatic rings. The number of hydrogen-bond donors (Lipinski definition) is 1. The van der Waals surface area contributed by atoms with Crippen LogP contribution >= 0.6 is 0 Å². The van der Waals surface area contributed by atoms with Gasteiger partial charge in [-0.05, 0) is 49.8 Å². The molecule has 0 saturated carbocycles. The van der Waals surface area contributed by atoms with Crippen molar-refractivity contribution in [2.24, 2.45) is 5.92 Å². The van der Waals surface area contributed by atoms with E-state index in [4.69, 9.17) is 0 Å². The number of rotatable bonds is 5. The van der Waals surface area contributed by atoms with Gasteiger partial charge < -0.3 is 10.2 Å². The first-order valence-corrected chi connectivity index (χ1v) is 9.84. The van der Waals surface area contributed by atoms with Crippen LogP contribution in [0, 0.1) is 24.2 Å². The second kappa shape index (κ2) is 8.79. The largest absolute Gasteiger partial charge is 0.353 e. The van der Waals surface area contributed by atoms with Gasteiger partial charge in [0.25, 0.3) is 0 Å². The fourth-order valence-corrected chi connectivity index (χ4v) is 3.65. The number of anilines is 2. The van der Waals surface area contributed by atoms with Crippen LogP contribution in [0.2, 0.25) is 0 Å². The lowest BCUT2D eigenvalue weighted by Gasteiger charge is -2.33. The van der Waals surface area contributed by atoms with Crippen LogP contribution in [-0.4, -0.2) is 34.2 Å². The summed E-state index contributed by atoms with van der Waals surface area (Å²) < 4.78 is 0. The number of amides is 1. The van der Waals surface area contributed by atoms with Crippen LogP contribution in [0.3, 0.4) is 0 Å². The second-order valence-electron chi connectivity index (χ2n) is 7.14. The highest BCUT2D eigenvalue weighted by Crippen LogP contribution is 2.28. The van der Waals surface area contributed by atoms with Crippen LogP contribution < -0.4 is 10.2 Å². The molecule has 0 bridgehead atoms. The molecule has 0 aromatic carbocycles. The molecule has 1 unspecified atom stereocenters. The Morgan fingerprint density at radius 3 is 2.79 bits per heavy atom. The van der Waals surface area contributed by atoms with Crippen molar-refractivity contribution in [2.45, 2.75) is 46.5 Å². The number of aromatic nitrogens is 3. The Morgan fingerprint density at radius 1 is 1.32 bits per heavy atom. The van der Waals surface area contributed by atoms with Crippen LogP contribution in [0.5, 0.6) is 0 Å². The van der Waals surface area contributed by atoms with Gasteiger partial charge in [0.1, 0.15) is 17.5 Å². The molecule has 146 valence electrons. The molecule has 3 rings (SSSR count). The van der Waals surface area contributed by atoms with E-state index in [1.807, 2.05) is 37.8 Å². The normalized spacial score (nSPS) is 16.5. The average molecular weight is 378 g/mol. The number of nitrogens with one attached hydrogen (secondary N) is 1. The van der Waals surface area contributed by atoms with Crippen LogP contribution in [0.25, 0.3) is 0 Å². The van der Waals surface area contributed by atoms with E-state index in [1.165, 1.54) is 0 Å². The maximum atomic E-state index is 12.7. The number of aryl methyl sites for hydroxylation is 2. The zero-order valence-corrected chi connectivity index (χ0v) is 16.7. The van der Waals surface area contributed by atoms with Crippen molar-refractivity contribution in [3.63, 3.8) is 0 Å². The van der Waals surface area contributed by atoms with E-state index in [1.54, 1.807) is 6.20 Å². The van der Waals surface area contributed by atoms with E-state index in [9.17, 15) is 10.1 Å². The van der Waals surface area contributed by atoms with Crippen LogP contribution in [-0.2, 0) is 17.6 Å². The van der Waals surface area contributed by atoms with Gasteiger partial charge in [-0.15, -0.1) is 5.10 Å². The Labute approximate surface area is 165 Å². The summed E-state index contributed by atoms with van der Waals surface area (Å²) in [5.41, 5.74) is 3.48. The molecule has 1 N–H and O–H groups in total. The minimum Gasteiger partial charge on any atom is -0.353 e. The van der Waals surface area contributed by atoms with Crippen molar-refractivity contribution < 1.29 is 4.79 Å². The third-order valence-electron chi connectivity index (χ3n) is 5.19. The summed E-state index contributed by atoms with van der Waals surface area (Å²) in [5, 5.41) is 21.3. The summed E-state index contributed by atoms with van der Waals surface area (Å²) in [6, 6.07) is 6.05.